The van der Waals surface area contributed by atoms with Crippen LogP contribution in [0.4, 0.5) is 5.69 Å². The average Bonchev–Trinajstić information content (AvgIpc) is 3.20. The maximum Gasteiger partial charge on any atom is 0.266 e. The van der Waals surface area contributed by atoms with Gasteiger partial charge >= 0.3 is 0 Å². The number of nitriles is 1. The molecule has 7 heteroatoms. The zero-order valence-electron chi connectivity index (χ0n) is 22.0. The van der Waals surface area contributed by atoms with Crippen molar-refractivity contribution in [2.24, 2.45) is 0 Å². The van der Waals surface area contributed by atoms with Crippen molar-refractivity contribution in [3.05, 3.63) is 118 Å². The first-order chi connectivity index (χ1) is 19.4. The number of carbonyl (C=O) groups excluding carboxylic acids is 2. The molecular weight excluding hydrogens is 502 g/mol. The van der Waals surface area contributed by atoms with Gasteiger partial charge in [0, 0.05) is 25.2 Å². The summed E-state index contributed by atoms with van der Waals surface area (Å²) in [6.45, 7) is 3.66. The Morgan fingerprint density at radius 3 is 2.35 bits per heavy atom. The van der Waals surface area contributed by atoms with Crippen molar-refractivity contribution in [2.75, 3.05) is 18.0 Å². The molecule has 4 aromatic rings. The molecule has 0 atom stereocenters. The molecule has 2 aliphatic rings. The van der Waals surface area contributed by atoms with Gasteiger partial charge in [-0.2, -0.15) is 5.26 Å². The molecule has 7 nitrogen and oxygen atoms in total. The predicted octanol–water partition coefficient (Wildman–Crippen LogP) is 5.09. The number of ether oxygens (including phenoxy) is 1. The van der Waals surface area contributed by atoms with Gasteiger partial charge in [0.15, 0.2) is 0 Å². The van der Waals surface area contributed by atoms with Gasteiger partial charge in [-0.25, -0.2) is 4.90 Å². The highest BCUT2D eigenvalue weighted by molar-refractivity contribution is 6.35. The average molecular weight is 530 g/mol. The van der Waals surface area contributed by atoms with Crippen molar-refractivity contribution in [2.45, 2.75) is 26.2 Å². The van der Waals surface area contributed by atoms with Crippen LogP contribution in [0.15, 0.2) is 84.9 Å². The summed E-state index contributed by atoms with van der Waals surface area (Å²) >= 11 is 0. The second-order valence-electron chi connectivity index (χ2n) is 10.2. The van der Waals surface area contributed by atoms with Gasteiger partial charge in [0.05, 0.1) is 34.6 Å². The van der Waals surface area contributed by atoms with E-state index in [-0.39, 0.29) is 18.6 Å². The number of benzene rings is 4. The molecule has 2 amide bonds. The van der Waals surface area contributed by atoms with E-state index < -0.39 is 5.91 Å². The number of anilines is 1. The minimum Gasteiger partial charge on any atom is -0.489 e. The maximum atomic E-state index is 13.7. The number of aliphatic hydroxyl groups is 1. The number of hydrogen-bond donors (Lipinski definition) is 1. The lowest BCUT2D eigenvalue weighted by Gasteiger charge is -2.36. The summed E-state index contributed by atoms with van der Waals surface area (Å²) in [5, 5.41) is 19.0. The number of aliphatic hydroxyl groups excluding tert-OH is 1. The molecule has 0 aromatic heterocycles. The topological polar surface area (TPSA) is 93.9 Å². The fourth-order valence-corrected chi connectivity index (χ4v) is 5.39. The minimum absolute atomic E-state index is 0.202. The van der Waals surface area contributed by atoms with Crippen LogP contribution in [0.2, 0.25) is 0 Å². The van der Waals surface area contributed by atoms with E-state index in [9.17, 15) is 20.0 Å². The molecule has 40 heavy (non-hydrogen) atoms. The van der Waals surface area contributed by atoms with Crippen LogP contribution < -0.4 is 9.64 Å². The zero-order chi connectivity index (χ0) is 27.8. The van der Waals surface area contributed by atoms with Gasteiger partial charge in [0.2, 0.25) is 0 Å². The molecule has 0 spiro atoms. The lowest BCUT2D eigenvalue weighted by Crippen LogP contribution is -2.49. The van der Waals surface area contributed by atoms with Gasteiger partial charge in [0.25, 0.3) is 11.8 Å². The van der Waals surface area contributed by atoms with Gasteiger partial charge in [-0.15, -0.1) is 0 Å². The number of imide groups is 1. The summed E-state index contributed by atoms with van der Waals surface area (Å²) in [6.07, 6.45) is -0.369. The molecule has 0 bridgehead atoms. The SMILES string of the molecule is Cc1c(-c2ccccc2)cccc1N1C(=O)c2cc(CN3CC(O)C3)c(OCc3cccc(C#N)c3)cc2C1=O. The largest absolute Gasteiger partial charge is 0.489 e. The number of β-amino-alcohol motifs (C(OH)–C–C–N with tert-alkyl or cyclic N) is 1. The van der Waals surface area contributed by atoms with E-state index in [2.05, 4.69) is 11.0 Å². The molecule has 0 unspecified atom stereocenters. The van der Waals surface area contributed by atoms with Crippen molar-refractivity contribution in [1.82, 2.24) is 4.90 Å². The molecular formula is C33H27N3O4. The Kier molecular flexibility index (Phi) is 6.64. The van der Waals surface area contributed by atoms with E-state index in [1.54, 1.807) is 36.4 Å². The number of carbonyl (C=O) groups is 2. The van der Waals surface area contributed by atoms with Gasteiger partial charge in [0.1, 0.15) is 12.4 Å². The van der Waals surface area contributed by atoms with Crippen LogP contribution in [0.25, 0.3) is 11.1 Å². The van der Waals surface area contributed by atoms with Crippen LogP contribution in [0.1, 0.15) is 43.0 Å². The smallest absolute Gasteiger partial charge is 0.266 e. The highest BCUT2D eigenvalue weighted by Crippen LogP contribution is 2.38. The van der Waals surface area contributed by atoms with Crippen molar-refractivity contribution >= 4 is 17.5 Å². The second kappa shape index (κ2) is 10.4. The van der Waals surface area contributed by atoms with Crippen molar-refractivity contribution < 1.29 is 19.4 Å². The van der Waals surface area contributed by atoms with E-state index in [0.29, 0.717) is 47.8 Å². The molecule has 6 rings (SSSR count). The van der Waals surface area contributed by atoms with E-state index >= 15 is 0 Å². The number of rotatable bonds is 7. The highest BCUT2D eigenvalue weighted by Gasteiger charge is 2.39. The Balaban J connectivity index is 1.35. The molecule has 2 heterocycles. The summed E-state index contributed by atoms with van der Waals surface area (Å²) in [5.74, 6) is -0.262. The summed E-state index contributed by atoms with van der Waals surface area (Å²) < 4.78 is 6.19. The fraction of sp³-hybridized carbons (Fsp3) is 0.182. The third kappa shape index (κ3) is 4.64. The third-order valence-corrected chi connectivity index (χ3v) is 7.48. The summed E-state index contributed by atoms with van der Waals surface area (Å²) in [6, 6.07) is 28.2. The standard InChI is InChI=1S/C33H27N3O4/c1-21-27(24-9-3-2-4-10-24)11-6-12-30(21)36-32(38)28-14-25(17-35-18-26(37)19-35)31(15-29(28)33(36)39)40-20-23-8-5-7-22(13-23)16-34/h2-15,26,37H,17-20H2,1H3. The first kappa shape index (κ1) is 25.5. The first-order valence-corrected chi connectivity index (χ1v) is 13.2. The molecule has 0 radical (unpaired) electrons. The van der Waals surface area contributed by atoms with Crippen LogP contribution in [0, 0.1) is 18.3 Å². The molecule has 4 aromatic carbocycles. The molecule has 2 aliphatic heterocycles. The van der Waals surface area contributed by atoms with Crippen molar-refractivity contribution in [3.63, 3.8) is 0 Å². The molecule has 1 fully saturated rings. The Hall–Kier alpha value is -4.77. The van der Waals surface area contributed by atoms with Gasteiger partial charge in [-0.1, -0.05) is 54.6 Å². The van der Waals surface area contributed by atoms with E-state index in [1.807, 2.05) is 55.5 Å². The monoisotopic (exact) mass is 529 g/mol. The Labute approximate surface area is 232 Å². The summed E-state index contributed by atoms with van der Waals surface area (Å²) in [4.78, 5) is 30.8. The quantitative estimate of drug-likeness (QED) is 0.335. The predicted molar refractivity (Wildman–Crippen MR) is 151 cm³/mol. The van der Waals surface area contributed by atoms with Gasteiger partial charge in [-0.3, -0.25) is 14.5 Å². The Morgan fingerprint density at radius 1 is 0.900 bits per heavy atom. The van der Waals surface area contributed by atoms with Crippen LogP contribution in [-0.4, -0.2) is 41.0 Å². The van der Waals surface area contributed by atoms with Crippen LogP contribution in [0.5, 0.6) is 5.75 Å². The van der Waals surface area contributed by atoms with Crippen LogP contribution >= 0.6 is 0 Å². The Morgan fingerprint density at radius 2 is 1.62 bits per heavy atom. The van der Waals surface area contributed by atoms with Gasteiger partial charge in [-0.05, 0) is 59.5 Å². The molecule has 1 saturated heterocycles. The van der Waals surface area contributed by atoms with Gasteiger partial charge < -0.3 is 9.84 Å². The lowest BCUT2D eigenvalue weighted by atomic mass is 9.99. The number of hydrogen-bond acceptors (Lipinski definition) is 6. The molecule has 1 N–H and O–H groups in total. The number of likely N-dealkylation sites (tertiary alicyclic amines) is 1. The highest BCUT2D eigenvalue weighted by atomic mass is 16.5. The summed E-state index contributed by atoms with van der Waals surface area (Å²) in [5.41, 5.74) is 6.11. The second-order valence-corrected chi connectivity index (χ2v) is 10.2. The normalized spacial score (nSPS) is 15.1. The minimum atomic E-state index is -0.393. The molecule has 0 aliphatic carbocycles. The maximum absolute atomic E-state index is 13.7. The fourth-order valence-electron chi connectivity index (χ4n) is 5.39. The molecule has 198 valence electrons. The third-order valence-electron chi connectivity index (χ3n) is 7.48. The van der Waals surface area contributed by atoms with Crippen LogP contribution in [0.3, 0.4) is 0 Å². The molecule has 0 saturated carbocycles. The number of fused-ring (bicyclic) bond motifs is 1. The van der Waals surface area contributed by atoms with E-state index in [4.69, 9.17) is 4.74 Å². The number of nitrogens with zero attached hydrogens (tertiary/aromatic N) is 3. The zero-order valence-corrected chi connectivity index (χ0v) is 22.0. The van der Waals surface area contributed by atoms with Crippen molar-refractivity contribution in [1.29, 1.82) is 5.26 Å². The van der Waals surface area contributed by atoms with E-state index in [1.165, 1.54) is 4.90 Å². The Bertz CT molecular complexity index is 1670. The first-order valence-electron chi connectivity index (χ1n) is 13.2. The van der Waals surface area contributed by atoms with Crippen LogP contribution in [-0.2, 0) is 13.2 Å². The van der Waals surface area contributed by atoms with Crippen molar-refractivity contribution in [3.8, 4) is 22.9 Å². The summed E-state index contributed by atoms with van der Waals surface area (Å²) in [7, 11) is 0. The van der Waals surface area contributed by atoms with E-state index in [0.717, 1.165) is 27.8 Å². The number of amides is 2. The lowest BCUT2D eigenvalue weighted by molar-refractivity contribution is -0.00334.